The number of carboxylic acid groups (broad SMARTS) is 1. The highest BCUT2D eigenvalue weighted by Crippen LogP contribution is 2.33. The molecule has 1 aliphatic carbocycles. The van der Waals surface area contributed by atoms with Crippen molar-refractivity contribution in [1.29, 1.82) is 0 Å². The fourth-order valence-corrected chi connectivity index (χ4v) is 2.51. The fraction of sp³-hybridized carbons (Fsp3) is 0.176. The third-order valence-electron chi connectivity index (χ3n) is 3.93. The standard InChI is InChI=1S/C17H13N3O4/c21-15(10-5-6-10)19-16-13(17(22)23)14(20-24-16)12-8-7-9-3-1-2-4-11(9)18-12/h1-4,7-8,10H,5-6H2,(H,19,21)(H,22,23). The van der Waals surface area contributed by atoms with Crippen molar-refractivity contribution >= 4 is 28.7 Å². The van der Waals surface area contributed by atoms with E-state index in [1.807, 2.05) is 30.3 Å². The van der Waals surface area contributed by atoms with Gasteiger partial charge in [0.2, 0.25) is 11.8 Å². The van der Waals surface area contributed by atoms with E-state index >= 15 is 0 Å². The Bertz CT molecular complexity index is 959. The predicted molar refractivity (Wildman–Crippen MR) is 85.6 cm³/mol. The number of para-hydroxylation sites is 1. The van der Waals surface area contributed by atoms with Gasteiger partial charge in [-0.1, -0.05) is 29.4 Å². The number of amides is 1. The maximum Gasteiger partial charge on any atom is 0.343 e. The van der Waals surface area contributed by atoms with Crippen molar-refractivity contribution < 1.29 is 19.2 Å². The first-order chi connectivity index (χ1) is 11.6. The lowest BCUT2D eigenvalue weighted by molar-refractivity contribution is -0.117. The Balaban J connectivity index is 1.77. The maximum atomic E-state index is 11.9. The summed E-state index contributed by atoms with van der Waals surface area (Å²) in [4.78, 5) is 27.9. The van der Waals surface area contributed by atoms with E-state index in [-0.39, 0.29) is 29.0 Å². The molecule has 1 fully saturated rings. The Hall–Kier alpha value is -3.22. The van der Waals surface area contributed by atoms with Crippen LogP contribution in [0.3, 0.4) is 0 Å². The minimum absolute atomic E-state index is 0.0704. The number of hydrogen-bond acceptors (Lipinski definition) is 5. The zero-order chi connectivity index (χ0) is 16.7. The molecule has 0 spiro atoms. The number of carboxylic acids is 1. The van der Waals surface area contributed by atoms with Crippen LogP contribution in [0.2, 0.25) is 0 Å². The van der Waals surface area contributed by atoms with E-state index in [0.29, 0.717) is 5.69 Å². The number of carbonyl (C=O) groups excluding carboxylic acids is 1. The minimum Gasteiger partial charge on any atom is -0.477 e. The number of anilines is 1. The van der Waals surface area contributed by atoms with Gasteiger partial charge >= 0.3 is 5.97 Å². The highest BCUT2D eigenvalue weighted by molar-refractivity contribution is 6.04. The molecule has 0 bridgehead atoms. The van der Waals surface area contributed by atoms with Gasteiger partial charge in [0, 0.05) is 11.3 Å². The van der Waals surface area contributed by atoms with Crippen molar-refractivity contribution in [1.82, 2.24) is 10.1 Å². The third-order valence-corrected chi connectivity index (χ3v) is 3.93. The Morgan fingerprint density at radius 3 is 2.71 bits per heavy atom. The Morgan fingerprint density at radius 1 is 1.17 bits per heavy atom. The Labute approximate surface area is 136 Å². The maximum absolute atomic E-state index is 11.9. The number of aromatic nitrogens is 2. The molecule has 24 heavy (non-hydrogen) atoms. The first-order valence-corrected chi connectivity index (χ1v) is 7.53. The second-order valence-corrected chi connectivity index (χ2v) is 5.69. The lowest BCUT2D eigenvalue weighted by Gasteiger charge is -2.02. The van der Waals surface area contributed by atoms with Gasteiger partial charge < -0.3 is 9.63 Å². The van der Waals surface area contributed by atoms with Crippen LogP contribution in [-0.4, -0.2) is 27.1 Å². The summed E-state index contributed by atoms with van der Waals surface area (Å²) < 4.78 is 5.07. The quantitative estimate of drug-likeness (QED) is 0.764. The molecule has 7 heteroatoms. The molecule has 0 atom stereocenters. The van der Waals surface area contributed by atoms with E-state index in [2.05, 4.69) is 15.5 Å². The van der Waals surface area contributed by atoms with E-state index in [0.717, 1.165) is 23.7 Å². The second kappa shape index (κ2) is 5.45. The smallest absolute Gasteiger partial charge is 0.343 e. The molecule has 0 radical (unpaired) electrons. The monoisotopic (exact) mass is 323 g/mol. The van der Waals surface area contributed by atoms with E-state index < -0.39 is 5.97 Å². The highest BCUT2D eigenvalue weighted by atomic mass is 16.5. The van der Waals surface area contributed by atoms with Gasteiger partial charge in [0.1, 0.15) is 5.69 Å². The summed E-state index contributed by atoms with van der Waals surface area (Å²) in [6, 6.07) is 11.0. The number of rotatable bonds is 4. The van der Waals surface area contributed by atoms with Crippen LogP contribution in [0.25, 0.3) is 22.3 Å². The predicted octanol–water partition coefficient (Wildman–Crippen LogP) is 2.94. The zero-order valence-corrected chi connectivity index (χ0v) is 12.5. The zero-order valence-electron chi connectivity index (χ0n) is 12.5. The van der Waals surface area contributed by atoms with Crippen molar-refractivity contribution in [3.05, 3.63) is 42.0 Å². The molecule has 4 rings (SSSR count). The van der Waals surface area contributed by atoms with Crippen LogP contribution in [-0.2, 0) is 4.79 Å². The van der Waals surface area contributed by atoms with Crippen LogP contribution in [0.4, 0.5) is 5.88 Å². The molecule has 2 N–H and O–H groups in total. The number of pyridine rings is 1. The summed E-state index contributed by atoms with van der Waals surface area (Å²) in [6.07, 6.45) is 1.61. The normalized spacial score (nSPS) is 13.8. The number of nitrogens with zero attached hydrogens (tertiary/aromatic N) is 2. The van der Waals surface area contributed by atoms with Gasteiger partial charge in [0.15, 0.2) is 5.56 Å². The Morgan fingerprint density at radius 2 is 1.96 bits per heavy atom. The topological polar surface area (TPSA) is 105 Å². The fourth-order valence-electron chi connectivity index (χ4n) is 2.51. The number of benzene rings is 1. The van der Waals surface area contributed by atoms with Crippen LogP contribution < -0.4 is 5.32 Å². The molecule has 1 saturated carbocycles. The summed E-state index contributed by atoms with van der Waals surface area (Å²) in [6.45, 7) is 0. The molecular formula is C17H13N3O4. The number of aromatic carboxylic acids is 1. The van der Waals surface area contributed by atoms with Gasteiger partial charge in [-0.3, -0.25) is 10.1 Å². The van der Waals surface area contributed by atoms with Crippen LogP contribution in [0.15, 0.2) is 40.9 Å². The average molecular weight is 323 g/mol. The average Bonchev–Trinajstić information content (AvgIpc) is 3.35. The minimum atomic E-state index is -1.23. The summed E-state index contributed by atoms with van der Waals surface area (Å²) in [7, 11) is 0. The summed E-state index contributed by atoms with van der Waals surface area (Å²) >= 11 is 0. The van der Waals surface area contributed by atoms with Crippen molar-refractivity contribution in [2.24, 2.45) is 5.92 Å². The Kier molecular flexibility index (Phi) is 3.26. The van der Waals surface area contributed by atoms with Gasteiger partial charge in [0.05, 0.1) is 11.2 Å². The molecule has 0 saturated heterocycles. The van der Waals surface area contributed by atoms with Crippen LogP contribution in [0.5, 0.6) is 0 Å². The van der Waals surface area contributed by atoms with Crippen molar-refractivity contribution in [3.63, 3.8) is 0 Å². The molecule has 0 unspecified atom stereocenters. The second-order valence-electron chi connectivity index (χ2n) is 5.69. The summed E-state index contributed by atoms with van der Waals surface area (Å²) in [5, 5.41) is 16.8. The molecule has 120 valence electrons. The highest BCUT2D eigenvalue weighted by Gasteiger charge is 2.33. The van der Waals surface area contributed by atoms with E-state index in [1.165, 1.54) is 0 Å². The van der Waals surface area contributed by atoms with E-state index in [1.54, 1.807) is 6.07 Å². The third kappa shape index (κ3) is 2.50. The molecule has 2 heterocycles. The molecule has 0 aliphatic heterocycles. The molecule has 7 nitrogen and oxygen atoms in total. The van der Waals surface area contributed by atoms with Gasteiger partial charge in [-0.2, -0.15) is 0 Å². The SMILES string of the molecule is O=C(O)c1c(-c2ccc3ccccc3n2)noc1NC(=O)C1CC1. The first kappa shape index (κ1) is 14.4. The number of fused-ring (bicyclic) bond motifs is 1. The van der Waals surface area contributed by atoms with Crippen molar-refractivity contribution in [2.75, 3.05) is 5.32 Å². The van der Waals surface area contributed by atoms with Crippen LogP contribution in [0, 0.1) is 5.92 Å². The molecule has 1 aliphatic rings. The number of nitrogens with one attached hydrogen (secondary N) is 1. The van der Waals surface area contributed by atoms with Gasteiger partial charge in [-0.15, -0.1) is 0 Å². The van der Waals surface area contributed by atoms with Crippen molar-refractivity contribution in [2.45, 2.75) is 12.8 Å². The van der Waals surface area contributed by atoms with Gasteiger partial charge in [-0.05, 0) is 25.0 Å². The van der Waals surface area contributed by atoms with Crippen molar-refractivity contribution in [3.8, 4) is 11.4 Å². The molecule has 3 aromatic rings. The number of hydrogen-bond donors (Lipinski definition) is 2. The van der Waals surface area contributed by atoms with E-state index in [4.69, 9.17) is 4.52 Å². The molecule has 2 aromatic heterocycles. The summed E-state index contributed by atoms with van der Waals surface area (Å²) in [5.74, 6) is -1.69. The largest absolute Gasteiger partial charge is 0.477 e. The van der Waals surface area contributed by atoms with Gasteiger partial charge in [0.25, 0.3) is 0 Å². The molecule has 1 aromatic carbocycles. The summed E-state index contributed by atoms with van der Waals surface area (Å²) in [5.41, 5.74) is 1.01. The first-order valence-electron chi connectivity index (χ1n) is 7.53. The molecular weight excluding hydrogens is 310 g/mol. The lowest BCUT2D eigenvalue weighted by atomic mass is 10.1. The van der Waals surface area contributed by atoms with Crippen LogP contribution in [0.1, 0.15) is 23.2 Å². The molecule has 1 amide bonds. The van der Waals surface area contributed by atoms with Gasteiger partial charge in [-0.25, -0.2) is 9.78 Å². The lowest BCUT2D eigenvalue weighted by Crippen LogP contribution is -2.15. The van der Waals surface area contributed by atoms with E-state index in [9.17, 15) is 14.7 Å². The number of carbonyl (C=O) groups is 2. The van der Waals surface area contributed by atoms with Crippen LogP contribution >= 0.6 is 0 Å².